The minimum Gasteiger partial charge on any atom is -0.354 e. The topological polar surface area (TPSA) is 37.8 Å². The van der Waals surface area contributed by atoms with Gasteiger partial charge in [0.2, 0.25) is 5.95 Å². The molecule has 2 rings (SSSR count). The maximum absolute atomic E-state index is 13.4. The van der Waals surface area contributed by atoms with Gasteiger partial charge in [-0.25, -0.2) is 14.4 Å². The van der Waals surface area contributed by atoms with E-state index >= 15 is 0 Å². The summed E-state index contributed by atoms with van der Waals surface area (Å²) >= 11 is 5.88. The molecule has 0 atom stereocenters. The molecule has 0 unspecified atom stereocenters. The van der Waals surface area contributed by atoms with Gasteiger partial charge in [0, 0.05) is 23.3 Å². The summed E-state index contributed by atoms with van der Waals surface area (Å²) in [6, 6.07) is 4.40. The van der Waals surface area contributed by atoms with E-state index in [4.69, 9.17) is 11.6 Å². The Bertz CT molecular complexity index is 567. The second-order valence-corrected chi connectivity index (χ2v) is 4.75. The quantitative estimate of drug-likeness (QED) is 0.917. The van der Waals surface area contributed by atoms with Crippen molar-refractivity contribution >= 4 is 17.5 Å². The van der Waals surface area contributed by atoms with E-state index in [1.807, 2.05) is 6.92 Å². The zero-order valence-corrected chi connectivity index (χ0v) is 11.6. The van der Waals surface area contributed by atoms with Crippen molar-refractivity contribution in [2.24, 2.45) is 0 Å². The summed E-state index contributed by atoms with van der Waals surface area (Å²) < 4.78 is 13.4. The maximum atomic E-state index is 13.4. The van der Waals surface area contributed by atoms with Crippen LogP contribution in [0, 0.1) is 12.7 Å². The second-order valence-electron chi connectivity index (χ2n) is 4.31. The molecule has 2 aromatic rings. The van der Waals surface area contributed by atoms with Gasteiger partial charge in [0.15, 0.2) is 0 Å². The van der Waals surface area contributed by atoms with E-state index in [0.717, 1.165) is 18.5 Å². The number of hydrogen-bond donors (Lipinski definition) is 1. The van der Waals surface area contributed by atoms with Crippen molar-refractivity contribution in [3.05, 3.63) is 40.8 Å². The lowest BCUT2D eigenvalue weighted by Crippen LogP contribution is -2.05. The largest absolute Gasteiger partial charge is 0.354 e. The lowest BCUT2D eigenvalue weighted by Gasteiger charge is -2.09. The maximum Gasteiger partial charge on any atom is 0.223 e. The second kappa shape index (κ2) is 5.97. The van der Waals surface area contributed by atoms with Crippen molar-refractivity contribution in [1.82, 2.24) is 9.97 Å². The van der Waals surface area contributed by atoms with Crippen LogP contribution in [0.25, 0.3) is 11.3 Å². The average Bonchev–Trinajstić information content (AvgIpc) is 2.36. The van der Waals surface area contributed by atoms with Crippen LogP contribution in [0.2, 0.25) is 5.02 Å². The zero-order valence-electron chi connectivity index (χ0n) is 10.9. The van der Waals surface area contributed by atoms with Crippen molar-refractivity contribution in [3.63, 3.8) is 0 Å². The third-order valence-corrected chi connectivity index (χ3v) is 2.86. The van der Waals surface area contributed by atoms with Gasteiger partial charge >= 0.3 is 0 Å². The third-order valence-electron chi connectivity index (χ3n) is 2.64. The summed E-state index contributed by atoms with van der Waals surface area (Å²) in [6.45, 7) is 4.75. The zero-order chi connectivity index (χ0) is 13.8. The fraction of sp³-hybridized carbons (Fsp3) is 0.286. The van der Waals surface area contributed by atoms with Gasteiger partial charge in [0.05, 0.1) is 5.69 Å². The Morgan fingerprint density at radius 1 is 1.32 bits per heavy atom. The Hall–Kier alpha value is -1.68. The lowest BCUT2D eigenvalue weighted by atomic mass is 10.1. The standard InChI is InChI=1S/C14H15ClFN3/c1-3-4-17-14-18-8-9(2)13(19-14)10-5-11(15)7-12(16)6-10/h5-8H,3-4H2,1-2H3,(H,17,18,19). The van der Waals surface area contributed by atoms with Gasteiger partial charge < -0.3 is 5.32 Å². The molecule has 0 saturated heterocycles. The summed E-state index contributed by atoms with van der Waals surface area (Å²) in [6.07, 6.45) is 2.71. The highest BCUT2D eigenvalue weighted by atomic mass is 35.5. The van der Waals surface area contributed by atoms with Gasteiger partial charge in [-0.1, -0.05) is 18.5 Å². The number of anilines is 1. The molecule has 1 N–H and O–H groups in total. The molecule has 3 nitrogen and oxygen atoms in total. The van der Waals surface area contributed by atoms with E-state index in [2.05, 4.69) is 22.2 Å². The molecule has 19 heavy (non-hydrogen) atoms. The number of halogens is 2. The molecule has 0 fully saturated rings. The van der Waals surface area contributed by atoms with Gasteiger partial charge in [-0.05, 0) is 37.1 Å². The molecule has 0 saturated carbocycles. The van der Waals surface area contributed by atoms with Crippen LogP contribution in [0.4, 0.5) is 10.3 Å². The third kappa shape index (κ3) is 3.41. The van der Waals surface area contributed by atoms with Crippen molar-refractivity contribution in [1.29, 1.82) is 0 Å². The van der Waals surface area contributed by atoms with Crippen molar-refractivity contribution < 1.29 is 4.39 Å². The molecule has 0 amide bonds. The van der Waals surface area contributed by atoms with Gasteiger partial charge in [-0.15, -0.1) is 0 Å². The van der Waals surface area contributed by atoms with E-state index in [-0.39, 0.29) is 5.82 Å². The Balaban J connectivity index is 2.42. The Kier molecular flexibility index (Phi) is 4.32. The minimum absolute atomic E-state index is 0.357. The molecule has 0 spiro atoms. The van der Waals surface area contributed by atoms with Gasteiger partial charge in [0.1, 0.15) is 5.82 Å². The predicted molar refractivity (Wildman–Crippen MR) is 76.0 cm³/mol. The van der Waals surface area contributed by atoms with E-state index in [1.165, 1.54) is 12.1 Å². The molecule has 1 aromatic heterocycles. The first-order valence-corrected chi connectivity index (χ1v) is 6.52. The molecule has 1 aromatic carbocycles. The van der Waals surface area contributed by atoms with Crippen molar-refractivity contribution in [3.8, 4) is 11.3 Å². The predicted octanol–water partition coefficient (Wildman–Crippen LogP) is 4.07. The van der Waals surface area contributed by atoms with Gasteiger partial charge in [0.25, 0.3) is 0 Å². The molecule has 1 heterocycles. The van der Waals surface area contributed by atoms with E-state index in [1.54, 1.807) is 12.3 Å². The number of rotatable bonds is 4. The molecule has 100 valence electrons. The lowest BCUT2D eigenvalue weighted by molar-refractivity contribution is 0.628. The molecule has 0 aliphatic rings. The summed E-state index contributed by atoms with van der Waals surface area (Å²) in [5.41, 5.74) is 2.23. The first-order chi connectivity index (χ1) is 9.10. The Labute approximate surface area is 116 Å². The molecule has 0 aliphatic heterocycles. The fourth-order valence-corrected chi connectivity index (χ4v) is 1.97. The van der Waals surface area contributed by atoms with Crippen LogP contribution in [0.15, 0.2) is 24.4 Å². The van der Waals surface area contributed by atoms with E-state index < -0.39 is 0 Å². The van der Waals surface area contributed by atoms with Crippen molar-refractivity contribution in [2.75, 3.05) is 11.9 Å². The van der Waals surface area contributed by atoms with Crippen LogP contribution in [-0.2, 0) is 0 Å². The van der Waals surface area contributed by atoms with Crippen LogP contribution < -0.4 is 5.32 Å². The molecular weight excluding hydrogens is 265 g/mol. The molecular formula is C14H15ClFN3. The normalized spacial score (nSPS) is 10.5. The Morgan fingerprint density at radius 3 is 2.79 bits per heavy atom. The first kappa shape index (κ1) is 13.7. The minimum atomic E-state index is -0.372. The summed E-state index contributed by atoms with van der Waals surface area (Å²) in [5.74, 6) is 0.173. The number of nitrogens with zero attached hydrogens (tertiary/aromatic N) is 2. The number of aryl methyl sites for hydroxylation is 1. The summed E-state index contributed by atoms with van der Waals surface area (Å²) in [5, 5.41) is 3.47. The molecule has 0 bridgehead atoms. The fourth-order valence-electron chi connectivity index (χ4n) is 1.75. The van der Waals surface area contributed by atoms with Crippen LogP contribution >= 0.6 is 11.6 Å². The van der Waals surface area contributed by atoms with Crippen LogP contribution in [0.3, 0.4) is 0 Å². The average molecular weight is 280 g/mol. The summed E-state index contributed by atoms with van der Waals surface area (Å²) in [7, 11) is 0. The van der Waals surface area contributed by atoms with Crippen molar-refractivity contribution in [2.45, 2.75) is 20.3 Å². The number of nitrogens with one attached hydrogen (secondary N) is 1. The molecule has 0 radical (unpaired) electrons. The highest BCUT2D eigenvalue weighted by Crippen LogP contribution is 2.25. The highest BCUT2D eigenvalue weighted by Gasteiger charge is 2.08. The highest BCUT2D eigenvalue weighted by molar-refractivity contribution is 6.30. The molecule has 5 heteroatoms. The number of aromatic nitrogens is 2. The summed E-state index contributed by atoms with van der Waals surface area (Å²) in [4.78, 5) is 8.61. The van der Waals surface area contributed by atoms with E-state index in [0.29, 0.717) is 22.2 Å². The number of hydrogen-bond acceptors (Lipinski definition) is 3. The number of benzene rings is 1. The van der Waals surface area contributed by atoms with E-state index in [9.17, 15) is 4.39 Å². The van der Waals surface area contributed by atoms with Crippen LogP contribution in [0.1, 0.15) is 18.9 Å². The SMILES string of the molecule is CCCNc1ncc(C)c(-c2cc(F)cc(Cl)c2)n1. The van der Waals surface area contributed by atoms with Crippen LogP contribution in [0.5, 0.6) is 0 Å². The smallest absolute Gasteiger partial charge is 0.223 e. The molecule has 0 aliphatic carbocycles. The van der Waals surface area contributed by atoms with Crippen LogP contribution in [-0.4, -0.2) is 16.5 Å². The Morgan fingerprint density at radius 2 is 2.11 bits per heavy atom. The van der Waals surface area contributed by atoms with Gasteiger partial charge in [-0.3, -0.25) is 0 Å². The first-order valence-electron chi connectivity index (χ1n) is 6.14. The van der Waals surface area contributed by atoms with Gasteiger partial charge in [-0.2, -0.15) is 0 Å². The monoisotopic (exact) mass is 279 g/mol.